The van der Waals surface area contributed by atoms with Crippen molar-refractivity contribution in [2.45, 2.75) is 31.4 Å². The summed E-state index contributed by atoms with van der Waals surface area (Å²) in [5, 5.41) is 2.43. The molecule has 0 heterocycles. The number of nitrogens with one attached hydrogen (secondary N) is 1. The predicted molar refractivity (Wildman–Crippen MR) is 116 cm³/mol. The van der Waals surface area contributed by atoms with E-state index in [4.69, 9.17) is 14.2 Å². The monoisotopic (exact) mass is 479 g/mol. The third-order valence-corrected chi connectivity index (χ3v) is 5.37. The van der Waals surface area contributed by atoms with Crippen molar-refractivity contribution in [3.05, 3.63) is 60.2 Å². The summed E-state index contributed by atoms with van der Waals surface area (Å²) in [6.07, 6.45) is -0.910. The van der Waals surface area contributed by atoms with Crippen molar-refractivity contribution >= 4 is 28.1 Å². The number of amides is 1. The van der Waals surface area contributed by atoms with Gasteiger partial charge in [0.2, 0.25) is 6.79 Å². The van der Waals surface area contributed by atoms with Gasteiger partial charge < -0.3 is 24.3 Å². The smallest absolute Gasteiger partial charge is 0.445 e. The van der Waals surface area contributed by atoms with Crippen LogP contribution in [-0.2, 0) is 35.4 Å². The van der Waals surface area contributed by atoms with Gasteiger partial charge in [0, 0.05) is 6.26 Å². The van der Waals surface area contributed by atoms with Gasteiger partial charge in [-0.2, -0.15) is 0 Å². The Labute approximate surface area is 191 Å². The van der Waals surface area contributed by atoms with Crippen LogP contribution < -0.4 is 10.1 Å². The maximum atomic E-state index is 12.3. The molecule has 1 N–H and O–H groups in total. The van der Waals surface area contributed by atoms with Gasteiger partial charge in [0.05, 0.1) is 4.90 Å². The third kappa shape index (κ3) is 8.81. The van der Waals surface area contributed by atoms with Gasteiger partial charge in [-0.05, 0) is 35.7 Å². The molecular weight excluding hydrogens is 454 g/mol. The fourth-order valence-electron chi connectivity index (χ4n) is 2.50. The van der Waals surface area contributed by atoms with Crippen molar-refractivity contribution in [1.82, 2.24) is 5.32 Å². The molecule has 2 aromatic carbocycles. The van der Waals surface area contributed by atoms with Crippen molar-refractivity contribution in [1.29, 1.82) is 0 Å². The van der Waals surface area contributed by atoms with E-state index in [0.29, 0.717) is 0 Å². The molecule has 0 saturated heterocycles. The summed E-state index contributed by atoms with van der Waals surface area (Å²) in [4.78, 5) is 36.1. The van der Waals surface area contributed by atoms with E-state index >= 15 is 0 Å². The number of alkyl carbamates (subject to hydrolysis) is 1. The summed E-state index contributed by atoms with van der Waals surface area (Å²) in [6, 6.07) is 13.1. The average molecular weight is 480 g/mol. The van der Waals surface area contributed by atoms with E-state index in [-0.39, 0.29) is 23.2 Å². The molecule has 0 aliphatic heterocycles. The van der Waals surface area contributed by atoms with Gasteiger partial charge in [-0.25, -0.2) is 22.8 Å². The normalized spacial score (nSPS) is 11.9. The quantitative estimate of drug-likeness (QED) is 0.327. The molecule has 0 spiro atoms. The molecule has 0 bridgehead atoms. The molecule has 0 saturated carbocycles. The van der Waals surface area contributed by atoms with Crippen molar-refractivity contribution < 1.29 is 41.7 Å². The highest BCUT2D eigenvalue weighted by molar-refractivity contribution is 7.90. The van der Waals surface area contributed by atoms with Crippen molar-refractivity contribution in [3.8, 4) is 5.75 Å². The van der Waals surface area contributed by atoms with Crippen molar-refractivity contribution in [3.63, 3.8) is 0 Å². The standard InChI is InChI=1S/C22H25NO9S/c1-15(2)19(23-21(25)29-13-16-7-5-4-6-8-16)20(24)30-14-31-22(26)32-17-9-11-18(12-10-17)33(3,27)28/h4-12,15,19H,13-14H2,1-3H3,(H,23,25)/t19-/m0/s1. The van der Waals surface area contributed by atoms with E-state index in [2.05, 4.69) is 10.1 Å². The minimum Gasteiger partial charge on any atom is -0.445 e. The van der Waals surface area contributed by atoms with E-state index in [1.165, 1.54) is 24.3 Å². The van der Waals surface area contributed by atoms with Gasteiger partial charge in [-0.1, -0.05) is 44.2 Å². The van der Waals surface area contributed by atoms with Gasteiger partial charge in [-0.15, -0.1) is 0 Å². The summed E-state index contributed by atoms with van der Waals surface area (Å²) in [5.74, 6) is -1.12. The molecular formula is C22H25NO9S. The van der Waals surface area contributed by atoms with Crippen LogP contribution in [0, 0.1) is 5.92 Å². The summed E-state index contributed by atoms with van der Waals surface area (Å²) >= 11 is 0. The lowest BCUT2D eigenvalue weighted by Crippen LogP contribution is -2.45. The Morgan fingerprint density at radius 2 is 1.55 bits per heavy atom. The maximum Gasteiger partial charge on any atom is 0.516 e. The van der Waals surface area contributed by atoms with E-state index in [9.17, 15) is 22.8 Å². The van der Waals surface area contributed by atoms with Crippen LogP contribution in [0.3, 0.4) is 0 Å². The fraction of sp³-hybridized carbons (Fsp3) is 0.318. The first-order chi connectivity index (χ1) is 15.6. The summed E-state index contributed by atoms with van der Waals surface area (Å²) in [6.45, 7) is 2.67. The van der Waals surface area contributed by atoms with Crippen LogP contribution in [0.1, 0.15) is 19.4 Å². The second kappa shape index (κ2) is 11.9. The second-order valence-corrected chi connectivity index (χ2v) is 9.26. The molecule has 10 nitrogen and oxygen atoms in total. The number of sulfone groups is 1. The highest BCUT2D eigenvalue weighted by Gasteiger charge is 2.27. The van der Waals surface area contributed by atoms with Crippen LogP contribution in [0.5, 0.6) is 5.75 Å². The van der Waals surface area contributed by atoms with Gasteiger partial charge in [0.25, 0.3) is 0 Å². The lowest BCUT2D eigenvalue weighted by atomic mass is 10.1. The van der Waals surface area contributed by atoms with Crippen molar-refractivity contribution in [2.24, 2.45) is 5.92 Å². The molecule has 33 heavy (non-hydrogen) atoms. The zero-order valence-electron chi connectivity index (χ0n) is 18.3. The van der Waals surface area contributed by atoms with Crippen LogP contribution in [0.4, 0.5) is 9.59 Å². The largest absolute Gasteiger partial charge is 0.516 e. The summed E-state index contributed by atoms with van der Waals surface area (Å²) < 4.78 is 42.4. The molecule has 0 aliphatic rings. The molecule has 0 unspecified atom stereocenters. The molecule has 178 valence electrons. The zero-order chi connectivity index (χ0) is 24.4. The number of carbonyl (C=O) groups is 3. The van der Waals surface area contributed by atoms with E-state index < -0.39 is 40.9 Å². The Hall–Kier alpha value is -3.60. The van der Waals surface area contributed by atoms with E-state index in [1.807, 2.05) is 6.07 Å². The first-order valence-electron chi connectivity index (χ1n) is 9.85. The molecule has 0 aliphatic carbocycles. The molecule has 1 amide bonds. The van der Waals surface area contributed by atoms with Crippen LogP contribution in [0.25, 0.3) is 0 Å². The molecule has 2 aromatic rings. The Balaban J connectivity index is 1.78. The third-order valence-electron chi connectivity index (χ3n) is 4.24. The van der Waals surface area contributed by atoms with Crippen LogP contribution in [0.2, 0.25) is 0 Å². The highest BCUT2D eigenvalue weighted by Crippen LogP contribution is 2.16. The Bertz CT molecular complexity index is 1050. The predicted octanol–water partition coefficient (Wildman–Crippen LogP) is 3.06. The van der Waals surface area contributed by atoms with E-state index in [1.54, 1.807) is 38.1 Å². The molecule has 0 radical (unpaired) electrons. The number of rotatable bonds is 9. The number of hydrogen-bond donors (Lipinski definition) is 1. The summed E-state index contributed by atoms with van der Waals surface area (Å²) in [7, 11) is -3.38. The Morgan fingerprint density at radius 3 is 2.12 bits per heavy atom. The number of ether oxygens (including phenoxy) is 4. The topological polar surface area (TPSA) is 134 Å². The number of carbonyl (C=O) groups excluding carboxylic acids is 3. The molecule has 0 aromatic heterocycles. The second-order valence-electron chi connectivity index (χ2n) is 7.25. The van der Waals surface area contributed by atoms with Crippen LogP contribution >= 0.6 is 0 Å². The van der Waals surface area contributed by atoms with Gasteiger partial charge in [0.15, 0.2) is 9.84 Å². The Kier molecular flexibility index (Phi) is 9.22. The molecule has 2 rings (SSSR count). The van der Waals surface area contributed by atoms with Crippen molar-refractivity contribution in [2.75, 3.05) is 13.0 Å². The molecule has 11 heteroatoms. The minimum absolute atomic E-state index is 0.0344. The maximum absolute atomic E-state index is 12.3. The minimum atomic E-state index is -3.38. The SMILES string of the molecule is CC(C)[C@H](NC(=O)OCc1ccccc1)C(=O)OCOC(=O)Oc1ccc(S(C)(=O)=O)cc1. The first kappa shape index (κ1) is 25.7. The van der Waals surface area contributed by atoms with Crippen LogP contribution in [-0.4, -0.2) is 45.7 Å². The zero-order valence-corrected chi connectivity index (χ0v) is 19.2. The number of benzene rings is 2. The average Bonchev–Trinajstić information content (AvgIpc) is 2.76. The van der Waals surface area contributed by atoms with Gasteiger partial charge in [-0.3, -0.25) is 0 Å². The summed E-state index contributed by atoms with van der Waals surface area (Å²) in [5.41, 5.74) is 0.786. The Morgan fingerprint density at radius 1 is 0.909 bits per heavy atom. The van der Waals surface area contributed by atoms with E-state index in [0.717, 1.165) is 11.8 Å². The highest BCUT2D eigenvalue weighted by atomic mass is 32.2. The molecule has 0 fully saturated rings. The van der Waals surface area contributed by atoms with Gasteiger partial charge in [0.1, 0.15) is 18.4 Å². The fourth-order valence-corrected chi connectivity index (χ4v) is 3.13. The lowest BCUT2D eigenvalue weighted by molar-refractivity contribution is -0.156. The molecule has 1 atom stereocenters. The first-order valence-corrected chi connectivity index (χ1v) is 11.7. The van der Waals surface area contributed by atoms with Crippen LogP contribution in [0.15, 0.2) is 59.5 Å². The number of hydrogen-bond acceptors (Lipinski definition) is 9. The van der Waals surface area contributed by atoms with Gasteiger partial charge >= 0.3 is 18.2 Å². The lowest BCUT2D eigenvalue weighted by Gasteiger charge is -2.20. The number of esters is 1.